The number of carbonyl (C=O) groups excluding carboxylic acids is 4. The van der Waals surface area contributed by atoms with Gasteiger partial charge in [0.15, 0.2) is 0 Å². The summed E-state index contributed by atoms with van der Waals surface area (Å²) in [6.45, 7) is 0. The predicted molar refractivity (Wildman–Crippen MR) is 76.3 cm³/mol. The molecule has 0 N–H and O–H groups in total. The Bertz CT molecular complexity index is 403. The van der Waals surface area contributed by atoms with Crippen LogP contribution in [0.3, 0.4) is 0 Å². The van der Waals surface area contributed by atoms with Crippen molar-refractivity contribution in [1.29, 1.82) is 0 Å². The molecule has 1 aliphatic rings. The molecule has 11 heteroatoms. The first kappa shape index (κ1) is 18.0. The van der Waals surface area contributed by atoms with Crippen molar-refractivity contribution in [2.75, 3.05) is 28.4 Å². The predicted octanol–water partition coefficient (Wildman–Crippen LogP) is 0.199. The minimum Gasteiger partial charge on any atom is -0.467 e. The van der Waals surface area contributed by atoms with Crippen molar-refractivity contribution in [2.45, 2.75) is 8.16 Å². The zero-order valence-electron chi connectivity index (χ0n) is 11.5. The summed E-state index contributed by atoms with van der Waals surface area (Å²) >= 11 is 0.464. The number of rotatable bonds is 4. The average Bonchev–Trinajstić information content (AvgIpc) is 2.94. The van der Waals surface area contributed by atoms with Crippen LogP contribution in [-0.2, 0) is 38.1 Å². The van der Waals surface area contributed by atoms with Crippen LogP contribution in [0.15, 0.2) is 0 Å². The first-order valence-electron chi connectivity index (χ1n) is 5.25. The van der Waals surface area contributed by atoms with Gasteiger partial charge in [0.25, 0.3) is 8.16 Å². The second-order valence-electron chi connectivity index (χ2n) is 3.47. The molecule has 118 valence electrons. The fraction of sp³-hybridized carbons (Fsp3) is 0.600. The van der Waals surface area contributed by atoms with Crippen LogP contribution < -0.4 is 0 Å². The lowest BCUT2D eigenvalue weighted by Crippen LogP contribution is -2.46. The van der Waals surface area contributed by atoms with E-state index < -0.39 is 32.0 Å². The van der Waals surface area contributed by atoms with Gasteiger partial charge in [0, 0.05) is 0 Å². The van der Waals surface area contributed by atoms with E-state index in [1.807, 2.05) is 0 Å². The van der Waals surface area contributed by atoms with Gasteiger partial charge >= 0.3 is 23.9 Å². The van der Waals surface area contributed by atoms with E-state index in [0.29, 0.717) is 33.3 Å². The van der Waals surface area contributed by atoms with Crippen molar-refractivity contribution in [2.24, 2.45) is 0 Å². The number of esters is 4. The molecule has 1 heterocycles. The standard InChI is InChI=1S/C10H12O8S3/c1-15-5(11)9(6(12)16-2)19-10(21-20-9,7(13)17-3)8(14)18-4/h1-4H3. The topological polar surface area (TPSA) is 105 Å². The average molecular weight is 356 g/mol. The summed E-state index contributed by atoms with van der Waals surface area (Å²) in [5, 5.41) is 0. The van der Waals surface area contributed by atoms with Crippen molar-refractivity contribution in [3.8, 4) is 0 Å². The highest BCUT2D eigenvalue weighted by molar-refractivity contribution is 8.85. The second kappa shape index (κ2) is 6.79. The van der Waals surface area contributed by atoms with E-state index in [1.54, 1.807) is 0 Å². The van der Waals surface area contributed by atoms with E-state index in [2.05, 4.69) is 18.9 Å². The van der Waals surface area contributed by atoms with Crippen molar-refractivity contribution in [3.63, 3.8) is 0 Å². The molecule has 0 amide bonds. The van der Waals surface area contributed by atoms with Crippen LogP contribution in [-0.4, -0.2) is 60.5 Å². The van der Waals surface area contributed by atoms with Gasteiger partial charge < -0.3 is 18.9 Å². The van der Waals surface area contributed by atoms with Crippen LogP contribution in [0.2, 0.25) is 0 Å². The van der Waals surface area contributed by atoms with Gasteiger partial charge in [-0.05, 0) is 21.6 Å². The molecule has 1 rings (SSSR count). The van der Waals surface area contributed by atoms with Gasteiger partial charge in [-0.2, -0.15) is 0 Å². The molecule has 1 saturated heterocycles. The molecule has 0 aromatic heterocycles. The molecule has 0 spiro atoms. The van der Waals surface area contributed by atoms with E-state index in [-0.39, 0.29) is 0 Å². The van der Waals surface area contributed by atoms with Gasteiger partial charge in [-0.3, -0.25) is 0 Å². The molecule has 0 aliphatic carbocycles. The smallest absolute Gasteiger partial charge is 0.345 e. The number of hydrogen-bond donors (Lipinski definition) is 0. The highest BCUT2D eigenvalue weighted by atomic mass is 33.1. The maximum atomic E-state index is 12.0. The summed E-state index contributed by atoms with van der Waals surface area (Å²) in [6, 6.07) is 0. The lowest BCUT2D eigenvalue weighted by molar-refractivity contribution is -0.152. The Labute approximate surface area is 132 Å². The normalized spacial score (nSPS) is 18.5. The number of thioether (sulfide) groups is 1. The van der Waals surface area contributed by atoms with Gasteiger partial charge in [-0.1, -0.05) is 11.8 Å². The molecule has 0 atom stereocenters. The maximum Gasteiger partial charge on any atom is 0.345 e. The molecule has 0 bridgehead atoms. The van der Waals surface area contributed by atoms with Crippen LogP contribution in [0.4, 0.5) is 0 Å². The Morgan fingerprint density at radius 1 is 0.619 bits per heavy atom. The highest BCUT2D eigenvalue weighted by Crippen LogP contribution is 2.66. The van der Waals surface area contributed by atoms with E-state index in [9.17, 15) is 19.2 Å². The SMILES string of the molecule is COC(=O)C1(C(=O)OC)SSC(C(=O)OC)(C(=O)OC)S1. The highest BCUT2D eigenvalue weighted by Gasteiger charge is 2.69. The Balaban J connectivity index is 3.32. The van der Waals surface area contributed by atoms with Crippen LogP contribution in [0.5, 0.6) is 0 Å². The molecule has 21 heavy (non-hydrogen) atoms. The van der Waals surface area contributed by atoms with E-state index in [4.69, 9.17) is 0 Å². The van der Waals surface area contributed by atoms with Crippen LogP contribution in [0.25, 0.3) is 0 Å². The van der Waals surface area contributed by atoms with Crippen LogP contribution in [0.1, 0.15) is 0 Å². The molecule has 0 aromatic carbocycles. The largest absolute Gasteiger partial charge is 0.467 e. The van der Waals surface area contributed by atoms with Gasteiger partial charge in [-0.15, -0.1) is 0 Å². The fourth-order valence-electron chi connectivity index (χ4n) is 1.36. The second-order valence-corrected chi connectivity index (χ2v) is 7.97. The maximum absolute atomic E-state index is 12.0. The summed E-state index contributed by atoms with van der Waals surface area (Å²) in [5.74, 6) is -3.81. The van der Waals surface area contributed by atoms with Crippen LogP contribution in [0, 0.1) is 0 Å². The van der Waals surface area contributed by atoms with E-state index in [0.717, 1.165) is 28.4 Å². The Kier molecular flexibility index (Phi) is 5.82. The number of methoxy groups -OCH3 is 4. The molecule has 1 aliphatic heterocycles. The quantitative estimate of drug-likeness (QED) is 0.298. The minimum absolute atomic E-state index is 0.464. The number of ether oxygens (including phenoxy) is 4. The van der Waals surface area contributed by atoms with E-state index >= 15 is 0 Å². The van der Waals surface area contributed by atoms with E-state index in [1.165, 1.54) is 0 Å². The van der Waals surface area contributed by atoms with Gasteiger partial charge in [0.05, 0.1) is 28.4 Å². The zero-order valence-corrected chi connectivity index (χ0v) is 13.9. The zero-order chi connectivity index (χ0) is 16.3. The monoisotopic (exact) mass is 356 g/mol. The van der Waals surface area contributed by atoms with Crippen molar-refractivity contribution < 1.29 is 38.1 Å². The van der Waals surface area contributed by atoms with Gasteiger partial charge in [-0.25, -0.2) is 19.2 Å². The Hall–Kier alpha value is -1.07. The van der Waals surface area contributed by atoms with Crippen molar-refractivity contribution >= 4 is 57.2 Å². The summed E-state index contributed by atoms with van der Waals surface area (Å²) < 4.78 is 14.5. The van der Waals surface area contributed by atoms with Gasteiger partial charge in [0.2, 0.25) is 0 Å². The molecule has 8 nitrogen and oxygen atoms in total. The first-order chi connectivity index (χ1) is 9.84. The van der Waals surface area contributed by atoms with Crippen molar-refractivity contribution in [3.05, 3.63) is 0 Å². The molecule has 0 aromatic rings. The summed E-state index contributed by atoms with van der Waals surface area (Å²) in [7, 11) is 5.67. The molecule has 0 radical (unpaired) electrons. The lowest BCUT2D eigenvalue weighted by atomic mass is 10.4. The number of hydrogen-bond acceptors (Lipinski definition) is 11. The van der Waals surface area contributed by atoms with Crippen molar-refractivity contribution in [1.82, 2.24) is 0 Å². The van der Waals surface area contributed by atoms with Crippen LogP contribution >= 0.6 is 33.3 Å². The summed E-state index contributed by atoms with van der Waals surface area (Å²) in [4.78, 5) is 47.9. The first-order valence-corrected chi connectivity index (χ1v) is 8.22. The third-order valence-electron chi connectivity index (χ3n) is 2.38. The number of carbonyl (C=O) groups is 4. The fourth-order valence-corrected chi connectivity index (χ4v) is 7.20. The summed E-state index contributed by atoms with van der Waals surface area (Å²) in [6.07, 6.45) is 0. The molecule has 0 saturated carbocycles. The molecule has 0 unspecified atom stereocenters. The molecular formula is C10H12O8S3. The minimum atomic E-state index is -1.92. The third-order valence-corrected chi connectivity index (χ3v) is 8.22. The Morgan fingerprint density at radius 2 is 0.857 bits per heavy atom. The lowest BCUT2D eigenvalue weighted by Gasteiger charge is -2.24. The van der Waals surface area contributed by atoms with Gasteiger partial charge in [0.1, 0.15) is 0 Å². The summed E-state index contributed by atoms with van der Waals surface area (Å²) in [5.41, 5.74) is 0. The third kappa shape index (κ3) is 2.81. The molecule has 1 fully saturated rings. The Morgan fingerprint density at radius 3 is 1.05 bits per heavy atom. The molecular weight excluding hydrogens is 344 g/mol.